The molecule has 8 atom stereocenters. The highest BCUT2D eigenvalue weighted by atomic mass is 32.2. The minimum atomic E-state index is -0.200. The molecule has 0 N–H and O–H groups in total. The Hall–Kier alpha value is -3.11. The van der Waals surface area contributed by atoms with E-state index in [4.69, 9.17) is 9.98 Å². The van der Waals surface area contributed by atoms with Gasteiger partial charge in [-0.25, -0.2) is 9.98 Å². The maximum absolute atomic E-state index is 5.67. The molecule has 0 aromatic carbocycles. The van der Waals surface area contributed by atoms with Gasteiger partial charge in [0.25, 0.3) is 0 Å². The largest absolute Gasteiger partial charge is 0.309 e. The van der Waals surface area contributed by atoms with E-state index in [2.05, 4.69) is 122 Å². The number of aliphatic imine (C=N–C) groups is 2. The first-order valence-corrected chi connectivity index (χ1v) is 17.4. The third kappa shape index (κ3) is 3.50. The molecule has 8 unspecified atom stereocenters. The molecule has 0 fully saturated rings. The molecule has 0 amide bonds. The van der Waals surface area contributed by atoms with Crippen LogP contribution in [-0.4, -0.2) is 33.9 Å². The second-order valence-corrected chi connectivity index (χ2v) is 15.4. The molecule has 0 saturated carbocycles. The van der Waals surface area contributed by atoms with Crippen molar-refractivity contribution in [1.29, 1.82) is 0 Å². The predicted octanol–water partition coefficient (Wildman–Crippen LogP) is 8.97. The number of hydrogen-bond donors (Lipinski definition) is 0. The summed E-state index contributed by atoms with van der Waals surface area (Å²) < 4.78 is 0. The van der Waals surface area contributed by atoms with Crippen LogP contribution in [0.5, 0.6) is 0 Å². The van der Waals surface area contributed by atoms with Crippen LogP contribution in [0.15, 0.2) is 128 Å². The number of thioether (sulfide) groups is 1. The maximum Gasteiger partial charge on any atom is 0.225 e. The molecule has 3 aliphatic heterocycles. The van der Waals surface area contributed by atoms with Crippen LogP contribution in [0.4, 0.5) is 0 Å². The highest BCUT2D eigenvalue weighted by Crippen LogP contribution is 2.67. The molecule has 0 saturated heterocycles. The van der Waals surface area contributed by atoms with E-state index < -0.39 is 0 Å². The van der Waals surface area contributed by atoms with Crippen LogP contribution in [0, 0.1) is 28.6 Å². The smallest absolute Gasteiger partial charge is 0.225 e. The molecule has 6 aliphatic carbocycles. The summed E-state index contributed by atoms with van der Waals surface area (Å²) >= 11 is 2.16. The van der Waals surface area contributed by atoms with Gasteiger partial charge in [0.15, 0.2) is 0 Å². The van der Waals surface area contributed by atoms with Crippen LogP contribution in [0.2, 0.25) is 0 Å². The molecule has 0 bridgehead atoms. The van der Waals surface area contributed by atoms with E-state index in [1.165, 1.54) is 22.7 Å². The lowest BCUT2D eigenvalue weighted by atomic mass is 9.57. The van der Waals surface area contributed by atoms with Crippen molar-refractivity contribution < 1.29 is 0 Å². The average molecular weight is 584 g/mol. The summed E-state index contributed by atoms with van der Waals surface area (Å²) in [5, 5.41) is 0.423. The Labute approximate surface area is 260 Å². The van der Waals surface area contributed by atoms with Gasteiger partial charge in [0.2, 0.25) is 5.96 Å². The van der Waals surface area contributed by atoms with Crippen molar-refractivity contribution in [2.75, 3.05) is 0 Å². The molecule has 0 spiro atoms. The lowest BCUT2D eigenvalue weighted by Crippen LogP contribution is -2.56. The fraction of sp³-hybridized carbons (Fsp3) is 0.436. The second kappa shape index (κ2) is 9.44. The lowest BCUT2D eigenvalue weighted by Gasteiger charge is -2.52. The van der Waals surface area contributed by atoms with E-state index >= 15 is 0 Å². The summed E-state index contributed by atoms with van der Waals surface area (Å²) in [6.07, 6.45) is 39.5. The van der Waals surface area contributed by atoms with E-state index in [0.717, 1.165) is 38.1 Å². The molecule has 0 aromatic heterocycles. The third-order valence-corrected chi connectivity index (χ3v) is 13.5. The summed E-state index contributed by atoms with van der Waals surface area (Å²) in [5.74, 6) is 2.20. The number of fused-ring (bicyclic) bond motifs is 8. The monoisotopic (exact) mass is 583 g/mol. The Morgan fingerprint density at radius 2 is 1.77 bits per heavy atom. The Balaban J connectivity index is 1.25. The van der Waals surface area contributed by atoms with Crippen molar-refractivity contribution in [2.24, 2.45) is 38.6 Å². The fourth-order valence-electron chi connectivity index (χ4n) is 9.79. The van der Waals surface area contributed by atoms with E-state index in [0.29, 0.717) is 29.0 Å². The molecule has 9 rings (SSSR count). The fourth-order valence-corrected chi connectivity index (χ4v) is 11.6. The number of nitrogens with zero attached hydrogens (tertiary/aromatic N) is 3. The average Bonchev–Trinajstić information content (AvgIpc) is 3.54. The van der Waals surface area contributed by atoms with Gasteiger partial charge in [0.1, 0.15) is 0 Å². The summed E-state index contributed by atoms with van der Waals surface area (Å²) in [4.78, 5) is 15.5. The van der Waals surface area contributed by atoms with Crippen molar-refractivity contribution in [1.82, 2.24) is 4.90 Å². The summed E-state index contributed by atoms with van der Waals surface area (Å²) in [7, 11) is 0. The van der Waals surface area contributed by atoms with Crippen LogP contribution in [0.3, 0.4) is 0 Å². The van der Waals surface area contributed by atoms with Crippen LogP contribution < -0.4 is 0 Å². The van der Waals surface area contributed by atoms with Gasteiger partial charge in [-0.3, -0.25) is 0 Å². The minimum Gasteiger partial charge on any atom is -0.309 e. The zero-order valence-electron chi connectivity index (χ0n) is 25.5. The van der Waals surface area contributed by atoms with Gasteiger partial charge in [-0.2, -0.15) is 0 Å². The summed E-state index contributed by atoms with van der Waals surface area (Å²) in [5.41, 5.74) is 9.13. The van der Waals surface area contributed by atoms with Crippen molar-refractivity contribution >= 4 is 23.4 Å². The Morgan fingerprint density at radius 3 is 2.65 bits per heavy atom. The Bertz CT molecular complexity index is 1680. The molecule has 0 radical (unpaired) electrons. The normalized spacial score (nSPS) is 41.6. The molecule has 3 heterocycles. The maximum atomic E-state index is 5.67. The molecule has 0 aromatic rings. The van der Waals surface area contributed by atoms with E-state index in [1.54, 1.807) is 22.3 Å². The lowest BCUT2D eigenvalue weighted by molar-refractivity contribution is 0.241. The first kappa shape index (κ1) is 26.3. The van der Waals surface area contributed by atoms with Crippen molar-refractivity contribution in [3.05, 3.63) is 118 Å². The summed E-state index contributed by atoms with van der Waals surface area (Å²) in [6.45, 7) is 7.43. The van der Waals surface area contributed by atoms with E-state index in [1.807, 2.05) is 0 Å². The van der Waals surface area contributed by atoms with Gasteiger partial charge in [-0.1, -0.05) is 104 Å². The van der Waals surface area contributed by atoms with Crippen LogP contribution in [0.25, 0.3) is 0 Å². The highest BCUT2D eigenvalue weighted by molar-refractivity contribution is 8.04. The van der Waals surface area contributed by atoms with Gasteiger partial charge in [-0.05, 0) is 68.1 Å². The van der Waals surface area contributed by atoms with Crippen LogP contribution in [-0.2, 0) is 0 Å². The minimum absolute atomic E-state index is 0.0314. The van der Waals surface area contributed by atoms with Crippen molar-refractivity contribution in [2.45, 2.75) is 76.6 Å². The predicted molar refractivity (Wildman–Crippen MR) is 181 cm³/mol. The van der Waals surface area contributed by atoms with Crippen LogP contribution in [0.1, 0.15) is 59.3 Å². The number of allylic oxidation sites excluding steroid dienone is 15. The number of hydrogen-bond acceptors (Lipinski definition) is 4. The van der Waals surface area contributed by atoms with Crippen LogP contribution >= 0.6 is 11.8 Å². The first-order chi connectivity index (χ1) is 21.0. The molecule has 4 heteroatoms. The standard InChI is InChI=1S/C39H41N3S/c1-24-14-13-19-28-32(24)33-26-17-7-9-20-29(26)42(34(33)36-39(28,3)27-18-8-10-21-30(27)43-36)37-40-31-22-11-12-23-38(31,2)35(41-37)25-15-5-4-6-16-25/h4-7,10-13,15,17,19,21-25,31,33-34,36H,8-9,14,16,18,20H2,1-3H3. The Kier molecular flexibility index (Phi) is 5.78. The molecular weight excluding hydrogens is 543 g/mol. The van der Waals surface area contributed by atoms with E-state index in [-0.39, 0.29) is 16.9 Å². The SMILES string of the molecule is CC1CC=CC2=C1C1C3=C(CCC=C3)N(C3=NC4C=CC=CC4(C)C(C4C=CC=CC4)=N3)C1C1SC3=C(CCC=C3)C21C. The second-order valence-electron chi connectivity index (χ2n) is 14.2. The van der Waals surface area contributed by atoms with Gasteiger partial charge >= 0.3 is 0 Å². The first-order valence-electron chi connectivity index (χ1n) is 16.5. The zero-order valence-corrected chi connectivity index (χ0v) is 26.4. The number of guanidine groups is 1. The Morgan fingerprint density at radius 1 is 0.907 bits per heavy atom. The van der Waals surface area contributed by atoms with Gasteiger partial charge in [-0.15, -0.1) is 11.8 Å². The topological polar surface area (TPSA) is 28.0 Å². The summed E-state index contributed by atoms with van der Waals surface area (Å²) in [6, 6.07) is 0.376. The quantitative estimate of drug-likeness (QED) is 0.308. The zero-order chi connectivity index (χ0) is 28.9. The van der Waals surface area contributed by atoms with Gasteiger partial charge in [0.05, 0.1) is 17.5 Å². The molecule has 218 valence electrons. The molecule has 43 heavy (non-hydrogen) atoms. The number of rotatable bonds is 1. The van der Waals surface area contributed by atoms with Crippen molar-refractivity contribution in [3.63, 3.8) is 0 Å². The van der Waals surface area contributed by atoms with E-state index in [9.17, 15) is 0 Å². The van der Waals surface area contributed by atoms with Crippen molar-refractivity contribution in [3.8, 4) is 0 Å². The highest BCUT2D eigenvalue weighted by Gasteiger charge is 2.62. The third-order valence-electron chi connectivity index (χ3n) is 11.9. The van der Waals surface area contributed by atoms with Gasteiger partial charge in [0, 0.05) is 38.8 Å². The molecule has 9 aliphatic rings. The van der Waals surface area contributed by atoms with Gasteiger partial charge < -0.3 is 4.90 Å². The molecular formula is C39H41N3S. The molecule has 3 nitrogen and oxygen atoms in total.